The van der Waals surface area contributed by atoms with Gasteiger partial charge < -0.3 is 18.8 Å². The van der Waals surface area contributed by atoms with Gasteiger partial charge in [-0.2, -0.15) is 0 Å². The molecular formula is C25H35N2O4+. The second-order valence-corrected chi connectivity index (χ2v) is 9.53. The van der Waals surface area contributed by atoms with E-state index in [0.29, 0.717) is 12.2 Å². The fourth-order valence-corrected chi connectivity index (χ4v) is 5.57. The van der Waals surface area contributed by atoms with E-state index in [1.807, 2.05) is 36.4 Å². The van der Waals surface area contributed by atoms with E-state index in [2.05, 4.69) is 12.2 Å². The Hall–Kier alpha value is -2.18. The molecule has 0 amide bonds. The van der Waals surface area contributed by atoms with Gasteiger partial charge >= 0.3 is 5.97 Å². The molecule has 1 aliphatic carbocycles. The molecule has 2 aromatic rings. The lowest BCUT2D eigenvalue weighted by Crippen LogP contribution is -2.52. The first-order chi connectivity index (χ1) is 15.0. The predicted molar refractivity (Wildman–Crippen MR) is 117 cm³/mol. The molecule has 6 nitrogen and oxygen atoms in total. The molecule has 2 fully saturated rings. The van der Waals surface area contributed by atoms with Crippen LogP contribution < -0.4 is 0 Å². The zero-order valence-electron chi connectivity index (χ0n) is 18.5. The summed E-state index contributed by atoms with van der Waals surface area (Å²) in [6, 6.07) is 11.5. The van der Waals surface area contributed by atoms with Gasteiger partial charge in [-0.05, 0) is 24.8 Å². The van der Waals surface area contributed by atoms with Crippen molar-refractivity contribution in [3.8, 4) is 0 Å². The number of aromatic nitrogens is 1. The third kappa shape index (κ3) is 4.70. The van der Waals surface area contributed by atoms with Crippen LogP contribution >= 0.6 is 0 Å². The molecule has 1 N–H and O–H groups in total. The molecule has 0 spiro atoms. The van der Waals surface area contributed by atoms with Crippen molar-refractivity contribution in [2.75, 3.05) is 26.7 Å². The topological polar surface area (TPSA) is 72.6 Å². The molecule has 1 saturated carbocycles. The number of carbonyl (C=O) groups excluding carboxylic acids is 1. The highest BCUT2D eigenvalue weighted by Crippen LogP contribution is 2.41. The third-order valence-electron chi connectivity index (χ3n) is 7.56. The molecular weight excluding hydrogens is 392 g/mol. The van der Waals surface area contributed by atoms with Crippen LogP contribution in [0.5, 0.6) is 0 Å². The fourth-order valence-electron chi connectivity index (χ4n) is 5.57. The summed E-state index contributed by atoms with van der Waals surface area (Å²) in [5.74, 6) is -0.555. The van der Waals surface area contributed by atoms with Crippen molar-refractivity contribution in [3.63, 3.8) is 0 Å². The van der Waals surface area contributed by atoms with E-state index in [1.54, 1.807) is 6.26 Å². The second kappa shape index (κ2) is 9.53. The fraction of sp³-hybridized carbons (Fsp3) is 0.600. The average molecular weight is 428 g/mol. The van der Waals surface area contributed by atoms with Gasteiger partial charge in [0, 0.05) is 31.2 Å². The predicted octanol–water partition coefficient (Wildman–Crippen LogP) is 3.84. The van der Waals surface area contributed by atoms with Crippen LogP contribution in [0, 0.1) is 5.92 Å². The lowest BCUT2D eigenvalue weighted by Gasteiger charge is -2.37. The van der Waals surface area contributed by atoms with Gasteiger partial charge in [-0.15, -0.1) is 0 Å². The van der Waals surface area contributed by atoms with E-state index >= 15 is 0 Å². The molecule has 3 atom stereocenters. The maximum atomic E-state index is 13.3. The SMILES string of the molecule is C[N+]1(CCCc2ccon2)CCC[C@@H]1COC(=O)C(O)(c1ccccc1)C1CCCC1. The van der Waals surface area contributed by atoms with Crippen molar-refractivity contribution in [2.45, 2.75) is 63.0 Å². The van der Waals surface area contributed by atoms with Gasteiger partial charge in [-0.3, -0.25) is 0 Å². The van der Waals surface area contributed by atoms with Crippen LogP contribution in [-0.2, 0) is 21.6 Å². The van der Waals surface area contributed by atoms with E-state index in [1.165, 1.54) is 0 Å². The van der Waals surface area contributed by atoms with Gasteiger partial charge in [0.25, 0.3) is 0 Å². The molecule has 168 valence electrons. The number of benzene rings is 1. The molecule has 1 aromatic carbocycles. The van der Waals surface area contributed by atoms with Crippen LogP contribution in [-0.4, -0.2) is 53.5 Å². The van der Waals surface area contributed by atoms with Crippen molar-refractivity contribution in [1.29, 1.82) is 0 Å². The summed E-state index contributed by atoms with van der Waals surface area (Å²) in [4.78, 5) is 13.3. The Morgan fingerprint density at radius 1 is 1.19 bits per heavy atom. The van der Waals surface area contributed by atoms with Crippen molar-refractivity contribution in [3.05, 3.63) is 53.9 Å². The first-order valence-corrected chi connectivity index (χ1v) is 11.7. The number of hydrogen-bond donors (Lipinski definition) is 1. The number of quaternary nitrogens is 1. The zero-order chi connectivity index (χ0) is 21.7. The van der Waals surface area contributed by atoms with Gasteiger partial charge in [-0.25, -0.2) is 4.79 Å². The molecule has 31 heavy (non-hydrogen) atoms. The first kappa shape index (κ1) is 22.0. The van der Waals surface area contributed by atoms with Crippen molar-refractivity contribution in [2.24, 2.45) is 5.92 Å². The normalized spacial score (nSPS) is 26.1. The second-order valence-electron chi connectivity index (χ2n) is 9.53. The number of ether oxygens (including phenoxy) is 1. The van der Waals surface area contributed by atoms with Crippen molar-refractivity contribution < 1.29 is 23.6 Å². The lowest BCUT2D eigenvalue weighted by molar-refractivity contribution is -0.921. The third-order valence-corrected chi connectivity index (χ3v) is 7.56. The molecule has 2 heterocycles. The van der Waals surface area contributed by atoms with Gasteiger partial charge in [-0.1, -0.05) is 48.3 Å². The van der Waals surface area contributed by atoms with Crippen LogP contribution in [0.15, 0.2) is 47.2 Å². The van der Waals surface area contributed by atoms with Crippen molar-refractivity contribution >= 4 is 5.97 Å². The van der Waals surface area contributed by atoms with E-state index in [-0.39, 0.29) is 12.0 Å². The molecule has 1 saturated heterocycles. The molecule has 0 bridgehead atoms. The lowest BCUT2D eigenvalue weighted by atomic mass is 9.80. The summed E-state index contributed by atoms with van der Waals surface area (Å²) in [7, 11) is 2.26. The summed E-state index contributed by atoms with van der Waals surface area (Å²) in [5, 5.41) is 15.6. The van der Waals surface area contributed by atoms with E-state index in [9.17, 15) is 9.90 Å². The van der Waals surface area contributed by atoms with Crippen molar-refractivity contribution in [1.82, 2.24) is 5.16 Å². The largest absolute Gasteiger partial charge is 0.457 e. The average Bonchev–Trinajstić information content (AvgIpc) is 3.55. The van der Waals surface area contributed by atoms with Crippen LogP contribution in [0.3, 0.4) is 0 Å². The van der Waals surface area contributed by atoms with Crippen LogP contribution in [0.2, 0.25) is 0 Å². The minimum atomic E-state index is -1.55. The summed E-state index contributed by atoms with van der Waals surface area (Å²) in [6.45, 7) is 2.47. The highest BCUT2D eigenvalue weighted by atomic mass is 16.6. The molecule has 2 aliphatic rings. The van der Waals surface area contributed by atoms with Gasteiger partial charge in [0.1, 0.15) is 18.9 Å². The van der Waals surface area contributed by atoms with Crippen LogP contribution in [0.25, 0.3) is 0 Å². The highest BCUT2D eigenvalue weighted by Gasteiger charge is 2.48. The minimum absolute atomic E-state index is 0.0747. The summed E-state index contributed by atoms with van der Waals surface area (Å²) in [6.07, 6.45) is 9.53. The number of nitrogens with zero attached hydrogens (tertiary/aromatic N) is 2. The van der Waals surface area contributed by atoms with Gasteiger partial charge in [0.05, 0.1) is 25.8 Å². The number of aliphatic hydroxyl groups is 1. The Balaban J connectivity index is 1.39. The Morgan fingerprint density at radius 3 is 2.68 bits per heavy atom. The Labute approximate surface area is 184 Å². The molecule has 1 aromatic heterocycles. The monoisotopic (exact) mass is 427 g/mol. The number of carbonyl (C=O) groups is 1. The van der Waals surface area contributed by atoms with E-state index in [4.69, 9.17) is 9.26 Å². The van der Waals surface area contributed by atoms with E-state index in [0.717, 1.165) is 74.6 Å². The number of aryl methyl sites for hydroxylation is 1. The molecule has 6 heteroatoms. The smallest absolute Gasteiger partial charge is 0.343 e. The number of rotatable bonds is 9. The van der Waals surface area contributed by atoms with E-state index < -0.39 is 11.6 Å². The minimum Gasteiger partial charge on any atom is -0.457 e. The maximum Gasteiger partial charge on any atom is 0.343 e. The summed E-state index contributed by atoms with van der Waals surface area (Å²) >= 11 is 0. The molecule has 0 radical (unpaired) electrons. The molecule has 4 rings (SSSR count). The van der Waals surface area contributed by atoms with Crippen LogP contribution in [0.1, 0.15) is 56.2 Å². The first-order valence-electron chi connectivity index (χ1n) is 11.7. The van der Waals surface area contributed by atoms with Gasteiger partial charge in [0.2, 0.25) is 0 Å². The number of likely N-dealkylation sites (N-methyl/N-ethyl adjacent to an activating group) is 1. The highest BCUT2D eigenvalue weighted by molar-refractivity contribution is 5.81. The standard InChI is InChI=1S/C25H35N2O4/c1-27(16-7-13-22-15-18-31-26-22)17-8-14-23(27)19-30-24(28)25(29,21-11-5-6-12-21)20-9-3-2-4-10-20/h2-4,9-10,15,18,21,23,29H,5-8,11-14,16-17,19H2,1H3/q+1/t23-,25?,27?/m1/s1. The maximum absolute atomic E-state index is 13.3. The quantitative estimate of drug-likeness (QED) is 0.486. The number of esters is 1. The molecule has 1 aliphatic heterocycles. The number of likely N-dealkylation sites (tertiary alicyclic amines) is 1. The van der Waals surface area contributed by atoms with Crippen LogP contribution in [0.4, 0.5) is 0 Å². The zero-order valence-corrected chi connectivity index (χ0v) is 18.5. The molecule has 2 unspecified atom stereocenters. The number of hydrogen-bond acceptors (Lipinski definition) is 5. The summed E-state index contributed by atoms with van der Waals surface area (Å²) < 4.78 is 11.7. The Morgan fingerprint density at radius 2 is 1.97 bits per heavy atom. The summed E-state index contributed by atoms with van der Waals surface area (Å²) in [5.41, 5.74) is 0.0913. The van der Waals surface area contributed by atoms with Gasteiger partial charge in [0.15, 0.2) is 5.60 Å². The Kier molecular flexibility index (Phi) is 6.77. The Bertz CT molecular complexity index is 834.